The number of benzene rings is 1. The van der Waals surface area contributed by atoms with Gasteiger partial charge in [0.1, 0.15) is 5.75 Å². The Morgan fingerprint density at radius 1 is 1.44 bits per heavy atom. The van der Waals surface area contributed by atoms with Crippen molar-refractivity contribution in [1.29, 1.82) is 0 Å². The van der Waals surface area contributed by atoms with Crippen LogP contribution >= 0.6 is 0 Å². The number of aromatic hydroxyl groups is 1. The van der Waals surface area contributed by atoms with Crippen molar-refractivity contribution in [3.63, 3.8) is 0 Å². The summed E-state index contributed by atoms with van der Waals surface area (Å²) < 4.78 is 5.91. The van der Waals surface area contributed by atoms with Gasteiger partial charge in [0.25, 0.3) is 0 Å². The van der Waals surface area contributed by atoms with Crippen LogP contribution in [0.4, 0.5) is 0 Å². The molecule has 16 heavy (non-hydrogen) atoms. The van der Waals surface area contributed by atoms with E-state index in [4.69, 9.17) is 4.12 Å². The van der Waals surface area contributed by atoms with Crippen LogP contribution in [0.3, 0.4) is 0 Å². The molecule has 0 unspecified atom stereocenters. The average Bonchev–Trinajstić information content (AvgIpc) is 2.21. The highest BCUT2D eigenvalue weighted by Crippen LogP contribution is 2.21. The highest BCUT2D eigenvalue weighted by atomic mass is 28.4. The van der Waals surface area contributed by atoms with Gasteiger partial charge in [-0.1, -0.05) is 24.3 Å². The first-order valence-electron chi connectivity index (χ1n) is 5.34. The summed E-state index contributed by atoms with van der Waals surface area (Å²) in [6.07, 6.45) is 1.88. The number of phenolic OH excluding ortho intramolecular Hbond substituents is 1. The molecule has 4 heteroatoms. The van der Waals surface area contributed by atoms with Crippen LogP contribution in [0, 0.1) is 0 Å². The van der Waals surface area contributed by atoms with E-state index in [-0.39, 0.29) is 0 Å². The Morgan fingerprint density at radius 3 is 2.75 bits per heavy atom. The molecule has 0 saturated heterocycles. The molecular weight excluding hydrogens is 232 g/mol. The number of phenols is 1. The van der Waals surface area contributed by atoms with E-state index in [1.807, 2.05) is 24.3 Å². The second kappa shape index (κ2) is 6.03. The van der Waals surface area contributed by atoms with E-state index in [0.717, 1.165) is 17.7 Å². The lowest BCUT2D eigenvalue weighted by molar-refractivity contribution is 0.468. The zero-order chi connectivity index (χ0) is 12.0. The Hall–Kier alpha value is -0.846. The summed E-state index contributed by atoms with van der Waals surface area (Å²) in [5.74, 6) is 0.374. The van der Waals surface area contributed by atoms with Crippen LogP contribution < -0.4 is 0 Å². The standard InChI is InChI=1S/C12H18O2Si2/c1-4-9-15-14-16(2,3)10-11-7-5-6-8-12(11)13/h4-8,13H,1,9-10H2,2-3H3. The molecule has 0 fully saturated rings. The van der Waals surface area contributed by atoms with Gasteiger partial charge in [-0.2, -0.15) is 0 Å². The van der Waals surface area contributed by atoms with Crippen molar-refractivity contribution in [2.45, 2.75) is 25.2 Å². The molecule has 0 spiro atoms. The SMILES string of the molecule is C=CC[Si]O[Si](C)(C)Cc1ccccc1O. The van der Waals surface area contributed by atoms with Crippen LogP contribution in [-0.4, -0.2) is 23.2 Å². The Balaban J connectivity index is 2.58. The first kappa shape index (κ1) is 13.2. The molecule has 1 aromatic rings. The third kappa shape index (κ3) is 4.34. The highest BCUT2D eigenvalue weighted by molar-refractivity contribution is 6.74. The number of hydrogen-bond donors (Lipinski definition) is 1. The van der Waals surface area contributed by atoms with E-state index in [2.05, 4.69) is 19.7 Å². The minimum absolute atomic E-state index is 0.374. The second-order valence-corrected chi connectivity index (χ2v) is 9.69. The first-order valence-corrected chi connectivity index (χ1v) is 9.57. The molecule has 0 atom stereocenters. The van der Waals surface area contributed by atoms with Crippen LogP contribution in [0.15, 0.2) is 36.9 Å². The molecule has 0 aliphatic heterocycles. The van der Waals surface area contributed by atoms with Gasteiger partial charge in [-0.15, -0.1) is 6.58 Å². The summed E-state index contributed by atoms with van der Waals surface area (Å²) in [5, 5.41) is 9.70. The smallest absolute Gasteiger partial charge is 0.219 e. The van der Waals surface area contributed by atoms with Gasteiger partial charge in [-0.3, -0.25) is 0 Å². The normalized spacial score (nSPS) is 11.4. The minimum atomic E-state index is -1.71. The second-order valence-electron chi connectivity index (χ2n) is 4.30. The Bertz CT molecular complexity index is 351. The van der Waals surface area contributed by atoms with Crippen LogP contribution in [0.1, 0.15) is 5.56 Å². The lowest BCUT2D eigenvalue weighted by Crippen LogP contribution is -2.35. The fourth-order valence-electron chi connectivity index (χ4n) is 1.45. The maximum atomic E-state index is 9.70. The zero-order valence-electron chi connectivity index (χ0n) is 9.86. The highest BCUT2D eigenvalue weighted by Gasteiger charge is 2.23. The molecule has 0 bridgehead atoms. The first-order chi connectivity index (χ1) is 7.55. The van der Waals surface area contributed by atoms with E-state index in [9.17, 15) is 5.11 Å². The topological polar surface area (TPSA) is 29.5 Å². The van der Waals surface area contributed by atoms with Gasteiger partial charge in [0.05, 0.1) is 0 Å². The van der Waals surface area contributed by atoms with Crippen LogP contribution in [0.2, 0.25) is 19.1 Å². The van der Waals surface area contributed by atoms with E-state index >= 15 is 0 Å². The fourth-order valence-corrected chi connectivity index (χ4v) is 4.97. The van der Waals surface area contributed by atoms with Crippen LogP contribution in [-0.2, 0) is 10.2 Å². The summed E-state index contributed by atoms with van der Waals surface area (Å²) in [5.41, 5.74) is 0.988. The molecule has 0 saturated carbocycles. The quantitative estimate of drug-likeness (QED) is 0.478. The van der Waals surface area contributed by atoms with E-state index < -0.39 is 8.32 Å². The lowest BCUT2D eigenvalue weighted by atomic mass is 10.2. The van der Waals surface area contributed by atoms with E-state index in [1.165, 1.54) is 0 Å². The number of para-hydroxylation sites is 1. The maximum Gasteiger partial charge on any atom is 0.219 e. The van der Waals surface area contributed by atoms with Crippen LogP contribution in [0.5, 0.6) is 5.75 Å². The fraction of sp³-hybridized carbons (Fsp3) is 0.333. The number of allylic oxidation sites excluding steroid dienone is 1. The molecule has 0 aromatic heterocycles. The summed E-state index contributed by atoms with van der Waals surface area (Å²) in [7, 11) is -1.21. The predicted molar refractivity (Wildman–Crippen MR) is 71.1 cm³/mol. The lowest BCUT2D eigenvalue weighted by Gasteiger charge is -2.23. The van der Waals surface area contributed by atoms with E-state index in [0.29, 0.717) is 15.5 Å². The van der Waals surface area contributed by atoms with Crippen molar-refractivity contribution in [2.75, 3.05) is 0 Å². The van der Waals surface area contributed by atoms with Gasteiger partial charge in [0.2, 0.25) is 9.76 Å². The molecule has 2 nitrogen and oxygen atoms in total. The maximum absolute atomic E-state index is 9.70. The third-order valence-corrected chi connectivity index (χ3v) is 6.66. The molecule has 0 amide bonds. The van der Waals surface area contributed by atoms with Gasteiger partial charge in [0.15, 0.2) is 8.32 Å². The minimum Gasteiger partial charge on any atom is -0.508 e. The van der Waals surface area contributed by atoms with Crippen molar-refractivity contribution in [2.24, 2.45) is 0 Å². The molecule has 1 N–H and O–H groups in total. The Labute approximate surface area is 101 Å². The summed E-state index contributed by atoms with van der Waals surface area (Å²) >= 11 is 0. The Kier molecular flexibility index (Phi) is 4.98. The van der Waals surface area contributed by atoms with Crippen molar-refractivity contribution in [1.82, 2.24) is 0 Å². The largest absolute Gasteiger partial charge is 0.508 e. The zero-order valence-corrected chi connectivity index (χ0v) is 11.9. The molecular formula is C12H18O2Si2. The van der Waals surface area contributed by atoms with Crippen molar-refractivity contribution < 1.29 is 9.22 Å². The molecule has 0 heterocycles. The summed E-state index contributed by atoms with van der Waals surface area (Å²) in [4.78, 5) is 0. The van der Waals surface area contributed by atoms with Crippen LogP contribution in [0.25, 0.3) is 0 Å². The summed E-state index contributed by atoms with van der Waals surface area (Å²) in [6.45, 7) is 8.03. The van der Waals surface area contributed by atoms with Crippen molar-refractivity contribution in [3.8, 4) is 5.75 Å². The van der Waals surface area contributed by atoms with Gasteiger partial charge in [0, 0.05) is 0 Å². The van der Waals surface area contributed by atoms with Gasteiger partial charge in [-0.25, -0.2) is 0 Å². The summed E-state index contributed by atoms with van der Waals surface area (Å²) in [6, 6.07) is 9.25. The number of hydrogen-bond acceptors (Lipinski definition) is 2. The van der Waals surface area contributed by atoms with Gasteiger partial charge < -0.3 is 9.22 Å². The molecule has 1 aromatic carbocycles. The van der Waals surface area contributed by atoms with E-state index in [1.54, 1.807) is 6.07 Å². The monoisotopic (exact) mass is 250 g/mol. The molecule has 2 radical (unpaired) electrons. The van der Waals surface area contributed by atoms with Crippen molar-refractivity contribution >= 4 is 18.1 Å². The van der Waals surface area contributed by atoms with Crippen molar-refractivity contribution in [3.05, 3.63) is 42.5 Å². The number of rotatable bonds is 6. The Morgan fingerprint density at radius 2 is 2.12 bits per heavy atom. The molecule has 86 valence electrons. The third-order valence-electron chi connectivity index (χ3n) is 2.18. The molecule has 0 aliphatic rings. The predicted octanol–water partition coefficient (Wildman–Crippen LogP) is 2.92. The van der Waals surface area contributed by atoms with Gasteiger partial charge >= 0.3 is 0 Å². The van der Waals surface area contributed by atoms with Gasteiger partial charge in [-0.05, 0) is 36.8 Å². The molecule has 1 rings (SSSR count). The molecule has 0 aliphatic carbocycles. The average molecular weight is 250 g/mol.